The maximum absolute atomic E-state index is 12.3. The molecule has 0 fully saturated rings. The first kappa shape index (κ1) is 23.9. The highest BCUT2D eigenvalue weighted by Crippen LogP contribution is 2.19. The van der Waals surface area contributed by atoms with E-state index in [1.165, 1.54) is 17.5 Å². The first-order chi connectivity index (χ1) is 14.7. The fourth-order valence-corrected chi connectivity index (χ4v) is 2.88. The lowest BCUT2D eigenvalue weighted by atomic mass is 10.0. The first-order valence-electron chi connectivity index (χ1n) is 10.2. The molecule has 0 saturated carbocycles. The summed E-state index contributed by atoms with van der Waals surface area (Å²) >= 11 is 0. The van der Waals surface area contributed by atoms with Crippen LogP contribution < -0.4 is 10.1 Å². The zero-order chi connectivity index (χ0) is 23.0. The van der Waals surface area contributed by atoms with Crippen LogP contribution in [-0.2, 0) is 19.1 Å². The fourth-order valence-electron chi connectivity index (χ4n) is 2.88. The molecule has 0 aromatic heterocycles. The molecule has 0 atom stereocenters. The van der Waals surface area contributed by atoms with Gasteiger partial charge in [0, 0.05) is 12.7 Å². The van der Waals surface area contributed by atoms with Gasteiger partial charge in [0.25, 0.3) is 5.91 Å². The van der Waals surface area contributed by atoms with E-state index in [1.807, 2.05) is 44.2 Å². The molecule has 2 aromatic rings. The number of aryl methyl sites for hydroxylation is 2. The molecule has 7 heteroatoms. The van der Waals surface area contributed by atoms with Crippen LogP contribution >= 0.6 is 0 Å². The van der Waals surface area contributed by atoms with E-state index in [9.17, 15) is 14.4 Å². The van der Waals surface area contributed by atoms with Crippen molar-refractivity contribution in [3.8, 4) is 5.75 Å². The predicted molar refractivity (Wildman–Crippen MR) is 119 cm³/mol. The van der Waals surface area contributed by atoms with Crippen molar-refractivity contribution in [3.05, 3.63) is 59.2 Å². The van der Waals surface area contributed by atoms with Gasteiger partial charge in [0.2, 0.25) is 5.91 Å². The Bertz CT molecular complexity index is 902. The molecule has 0 radical (unpaired) electrons. The van der Waals surface area contributed by atoms with Crippen molar-refractivity contribution in [2.24, 2.45) is 0 Å². The zero-order valence-electron chi connectivity index (χ0n) is 18.7. The summed E-state index contributed by atoms with van der Waals surface area (Å²) in [4.78, 5) is 37.5. The summed E-state index contributed by atoms with van der Waals surface area (Å²) in [6, 6.07) is 13.2. The summed E-state index contributed by atoms with van der Waals surface area (Å²) in [6.07, 6.45) is 0. The standard InChI is InChI=1S/C24H30N2O5/c1-16(2)19-9-11-20(12-10-19)30-15-23(29)31-14-22(28)26(5)13-21(27)25-24-17(3)7-6-8-18(24)4/h6-12,16H,13-15H2,1-5H3,(H,25,27). The summed E-state index contributed by atoms with van der Waals surface area (Å²) in [7, 11) is 1.48. The second-order valence-electron chi connectivity index (χ2n) is 7.74. The molecule has 166 valence electrons. The van der Waals surface area contributed by atoms with E-state index in [-0.39, 0.29) is 19.1 Å². The molecular formula is C24H30N2O5. The number of benzene rings is 2. The summed E-state index contributed by atoms with van der Waals surface area (Å²) in [5.74, 6) is -0.508. The number of carbonyl (C=O) groups excluding carboxylic acids is 3. The highest BCUT2D eigenvalue weighted by atomic mass is 16.6. The van der Waals surface area contributed by atoms with Crippen molar-refractivity contribution in [2.45, 2.75) is 33.6 Å². The number of rotatable bonds is 9. The minimum atomic E-state index is -0.658. The number of ether oxygens (including phenoxy) is 2. The smallest absolute Gasteiger partial charge is 0.344 e. The van der Waals surface area contributed by atoms with Gasteiger partial charge in [-0.1, -0.05) is 44.2 Å². The molecule has 2 rings (SSSR count). The van der Waals surface area contributed by atoms with Gasteiger partial charge in [-0.25, -0.2) is 4.79 Å². The van der Waals surface area contributed by atoms with Crippen LogP contribution in [0.1, 0.15) is 36.5 Å². The maximum atomic E-state index is 12.3. The lowest BCUT2D eigenvalue weighted by Crippen LogP contribution is -2.38. The molecule has 31 heavy (non-hydrogen) atoms. The highest BCUT2D eigenvalue weighted by molar-refractivity contribution is 5.96. The Morgan fingerprint density at radius 3 is 2.16 bits per heavy atom. The van der Waals surface area contributed by atoms with Crippen molar-refractivity contribution >= 4 is 23.5 Å². The number of carbonyl (C=O) groups is 3. The highest BCUT2D eigenvalue weighted by Gasteiger charge is 2.16. The van der Waals surface area contributed by atoms with Gasteiger partial charge in [0.05, 0.1) is 6.54 Å². The zero-order valence-corrected chi connectivity index (χ0v) is 18.7. The molecule has 2 amide bonds. The predicted octanol–water partition coefficient (Wildman–Crippen LogP) is 3.45. The largest absolute Gasteiger partial charge is 0.482 e. The van der Waals surface area contributed by atoms with Gasteiger partial charge < -0.3 is 19.7 Å². The van der Waals surface area contributed by atoms with Gasteiger partial charge in [0.15, 0.2) is 13.2 Å². The number of nitrogens with one attached hydrogen (secondary N) is 1. The molecule has 0 spiro atoms. The van der Waals surface area contributed by atoms with Gasteiger partial charge in [-0.05, 0) is 48.6 Å². The minimum Gasteiger partial charge on any atom is -0.482 e. The van der Waals surface area contributed by atoms with Gasteiger partial charge in [-0.15, -0.1) is 0 Å². The van der Waals surface area contributed by atoms with Crippen LogP contribution in [0, 0.1) is 13.8 Å². The Hall–Kier alpha value is -3.35. The summed E-state index contributed by atoms with van der Waals surface area (Å²) in [5.41, 5.74) is 3.79. The summed E-state index contributed by atoms with van der Waals surface area (Å²) in [5, 5.41) is 2.82. The lowest BCUT2D eigenvalue weighted by Gasteiger charge is -2.18. The maximum Gasteiger partial charge on any atom is 0.344 e. The number of hydrogen-bond acceptors (Lipinski definition) is 5. The number of likely N-dealkylation sites (N-methyl/N-ethyl adjacent to an activating group) is 1. The van der Waals surface area contributed by atoms with Crippen LogP contribution in [0.2, 0.25) is 0 Å². The molecule has 0 saturated heterocycles. The second-order valence-corrected chi connectivity index (χ2v) is 7.74. The number of hydrogen-bond donors (Lipinski definition) is 1. The van der Waals surface area contributed by atoms with Crippen molar-refractivity contribution in [1.29, 1.82) is 0 Å². The normalized spacial score (nSPS) is 10.5. The quantitative estimate of drug-likeness (QED) is 0.621. The fraction of sp³-hybridized carbons (Fsp3) is 0.375. The van der Waals surface area contributed by atoms with E-state index in [0.717, 1.165) is 16.8 Å². The van der Waals surface area contributed by atoms with Crippen molar-refractivity contribution < 1.29 is 23.9 Å². The third-order valence-corrected chi connectivity index (χ3v) is 4.81. The topological polar surface area (TPSA) is 84.9 Å². The Labute approximate surface area is 183 Å². The van der Waals surface area contributed by atoms with Crippen molar-refractivity contribution in [2.75, 3.05) is 32.1 Å². The second kappa shape index (κ2) is 11.2. The Morgan fingerprint density at radius 2 is 1.58 bits per heavy atom. The molecule has 0 aliphatic rings. The van der Waals surface area contributed by atoms with Gasteiger partial charge in [0.1, 0.15) is 5.75 Å². The molecule has 7 nitrogen and oxygen atoms in total. The van der Waals surface area contributed by atoms with Crippen molar-refractivity contribution in [1.82, 2.24) is 4.90 Å². The Kier molecular flexibility index (Phi) is 8.61. The minimum absolute atomic E-state index is 0.150. The third-order valence-electron chi connectivity index (χ3n) is 4.81. The van der Waals surface area contributed by atoms with Crippen LogP contribution in [0.15, 0.2) is 42.5 Å². The van der Waals surface area contributed by atoms with Gasteiger partial charge in [-0.3, -0.25) is 9.59 Å². The van der Waals surface area contributed by atoms with Crippen LogP contribution in [0.4, 0.5) is 5.69 Å². The van der Waals surface area contributed by atoms with Crippen LogP contribution in [0.3, 0.4) is 0 Å². The average molecular weight is 427 g/mol. The molecule has 0 heterocycles. The van der Waals surface area contributed by atoms with E-state index >= 15 is 0 Å². The molecular weight excluding hydrogens is 396 g/mol. The van der Waals surface area contributed by atoms with E-state index in [1.54, 1.807) is 12.1 Å². The molecule has 0 aliphatic carbocycles. The lowest BCUT2D eigenvalue weighted by molar-refractivity contribution is -0.153. The Morgan fingerprint density at radius 1 is 0.968 bits per heavy atom. The van der Waals surface area contributed by atoms with Crippen molar-refractivity contribution in [3.63, 3.8) is 0 Å². The molecule has 1 N–H and O–H groups in total. The number of amides is 2. The van der Waals surface area contributed by atoms with Gasteiger partial charge >= 0.3 is 5.97 Å². The summed E-state index contributed by atoms with van der Waals surface area (Å²) in [6.45, 7) is 7.08. The Balaban J connectivity index is 1.74. The third kappa shape index (κ3) is 7.44. The summed E-state index contributed by atoms with van der Waals surface area (Å²) < 4.78 is 10.3. The number of anilines is 1. The molecule has 0 aliphatic heterocycles. The van der Waals surface area contributed by atoms with E-state index in [0.29, 0.717) is 11.7 Å². The first-order valence-corrected chi connectivity index (χ1v) is 10.2. The molecule has 0 bridgehead atoms. The van der Waals surface area contributed by atoms with Crippen LogP contribution in [0.5, 0.6) is 5.75 Å². The van der Waals surface area contributed by atoms with Crippen LogP contribution in [0.25, 0.3) is 0 Å². The number of nitrogens with zero attached hydrogens (tertiary/aromatic N) is 1. The van der Waals surface area contributed by atoms with Crippen LogP contribution in [-0.4, -0.2) is 49.5 Å². The van der Waals surface area contributed by atoms with E-state index in [4.69, 9.17) is 9.47 Å². The number of esters is 1. The van der Waals surface area contributed by atoms with E-state index in [2.05, 4.69) is 19.2 Å². The SMILES string of the molecule is Cc1cccc(C)c1NC(=O)CN(C)C(=O)COC(=O)COc1ccc(C(C)C)cc1. The average Bonchev–Trinajstić information content (AvgIpc) is 2.73. The molecule has 2 aromatic carbocycles. The number of para-hydroxylation sites is 1. The van der Waals surface area contributed by atoms with Gasteiger partial charge in [-0.2, -0.15) is 0 Å². The van der Waals surface area contributed by atoms with E-state index < -0.39 is 18.5 Å². The molecule has 0 unspecified atom stereocenters. The monoisotopic (exact) mass is 426 g/mol.